The van der Waals surface area contributed by atoms with E-state index in [9.17, 15) is 18.4 Å². The van der Waals surface area contributed by atoms with Gasteiger partial charge in [-0.05, 0) is 49.2 Å². The Morgan fingerprint density at radius 1 is 1.04 bits per heavy atom. The zero-order valence-electron chi connectivity index (χ0n) is 12.8. The Labute approximate surface area is 138 Å². The van der Waals surface area contributed by atoms with Gasteiger partial charge in [-0.25, -0.2) is 8.78 Å². The lowest BCUT2D eigenvalue weighted by molar-refractivity contribution is -0.119. The fourth-order valence-electron chi connectivity index (χ4n) is 2.86. The summed E-state index contributed by atoms with van der Waals surface area (Å²) in [5.41, 5.74) is 0.547. The summed E-state index contributed by atoms with van der Waals surface area (Å²) in [6, 6.07) is 10.3. The SMILES string of the molecule is O=C(Nc1cccc(F)c1)[C@H]1CCCN1C(=O)c1cccc(F)c1. The normalized spacial score (nSPS) is 16.9. The van der Waals surface area contributed by atoms with Crippen molar-refractivity contribution in [1.82, 2.24) is 4.90 Å². The Morgan fingerprint density at radius 3 is 2.46 bits per heavy atom. The number of amides is 2. The van der Waals surface area contributed by atoms with Crippen molar-refractivity contribution in [2.24, 2.45) is 0 Å². The van der Waals surface area contributed by atoms with Gasteiger partial charge in [0.05, 0.1) is 0 Å². The largest absolute Gasteiger partial charge is 0.327 e. The van der Waals surface area contributed by atoms with E-state index in [2.05, 4.69) is 5.32 Å². The molecule has 1 fully saturated rings. The number of halogens is 2. The van der Waals surface area contributed by atoms with Crippen LogP contribution in [-0.4, -0.2) is 29.3 Å². The second-order valence-corrected chi connectivity index (χ2v) is 5.67. The van der Waals surface area contributed by atoms with Crippen molar-refractivity contribution in [2.75, 3.05) is 11.9 Å². The van der Waals surface area contributed by atoms with E-state index in [0.717, 1.165) is 6.07 Å². The van der Waals surface area contributed by atoms with Gasteiger partial charge in [0.25, 0.3) is 5.91 Å². The minimum absolute atomic E-state index is 0.209. The lowest BCUT2D eigenvalue weighted by atomic mass is 10.1. The van der Waals surface area contributed by atoms with Gasteiger partial charge in [0.1, 0.15) is 17.7 Å². The number of hydrogen-bond donors (Lipinski definition) is 1. The van der Waals surface area contributed by atoms with Crippen LogP contribution < -0.4 is 5.32 Å². The Morgan fingerprint density at radius 2 is 1.75 bits per heavy atom. The van der Waals surface area contributed by atoms with Crippen LogP contribution in [-0.2, 0) is 4.79 Å². The minimum atomic E-state index is -0.649. The van der Waals surface area contributed by atoms with Crippen molar-refractivity contribution in [3.8, 4) is 0 Å². The van der Waals surface area contributed by atoms with Crippen LogP contribution in [0.5, 0.6) is 0 Å². The second-order valence-electron chi connectivity index (χ2n) is 5.67. The predicted molar refractivity (Wildman–Crippen MR) is 85.5 cm³/mol. The molecular weight excluding hydrogens is 314 g/mol. The summed E-state index contributed by atoms with van der Waals surface area (Å²) in [7, 11) is 0. The van der Waals surface area contributed by atoms with Gasteiger partial charge < -0.3 is 10.2 Å². The van der Waals surface area contributed by atoms with Crippen molar-refractivity contribution < 1.29 is 18.4 Å². The molecule has 2 aromatic carbocycles. The molecule has 1 heterocycles. The molecule has 124 valence electrons. The summed E-state index contributed by atoms with van der Waals surface area (Å²) in [5, 5.41) is 2.63. The molecule has 2 amide bonds. The Balaban J connectivity index is 1.75. The number of benzene rings is 2. The topological polar surface area (TPSA) is 49.4 Å². The van der Waals surface area contributed by atoms with E-state index in [1.165, 1.54) is 41.3 Å². The predicted octanol–water partition coefficient (Wildman–Crippen LogP) is 3.21. The molecule has 0 unspecified atom stereocenters. The van der Waals surface area contributed by atoms with Crippen LogP contribution in [0.25, 0.3) is 0 Å². The lowest BCUT2D eigenvalue weighted by Gasteiger charge is -2.24. The summed E-state index contributed by atoms with van der Waals surface area (Å²) < 4.78 is 26.5. The average molecular weight is 330 g/mol. The smallest absolute Gasteiger partial charge is 0.254 e. The molecule has 0 bridgehead atoms. The lowest BCUT2D eigenvalue weighted by Crippen LogP contribution is -2.43. The highest BCUT2D eigenvalue weighted by Crippen LogP contribution is 2.22. The molecule has 0 aliphatic carbocycles. The van der Waals surface area contributed by atoms with Crippen LogP contribution in [0.1, 0.15) is 23.2 Å². The molecule has 1 aliphatic rings. The molecule has 1 aliphatic heterocycles. The molecule has 6 heteroatoms. The summed E-state index contributed by atoms with van der Waals surface area (Å²) in [4.78, 5) is 26.4. The van der Waals surface area contributed by atoms with Gasteiger partial charge in [0.2, 0.25) is 5.91 Å². The quantitative estimate of drug-likeness (QED) is 0.939. The van der Waals surface area contributed by atoms with E-state index < -0.39 is 17.7 Å². The maximum atomic E-state index is 13.3. The van der Waals surface area contributed by atoms with Crippen LogP contribution in [0.4, 0.5) is 14.5 Å². The summed E-state index contributed by atoms with van der Waals surface area (Å²) in [6.07, 6.45) is 1.20. The van der Waals surface area contributed by atoms with E-state index in [0.29, 0.717) is 25.1 Å². The highest BCUT2D eigenvalue weighted by atomic mass is 19.1. The van der Waals surface area contributed by atoms with Crippen molar-refractivity contribution in [3.05, 3.63) is 65.7 Å². The van der Waals surface area contributed by atoms with Gasteiger partial charge in [-0.1, -0.05) is 12.1 Å². The maximum Gasteiger partial charge on any atom is 0.254 e. The highest BCUT2D eigenvalue weighted by Gasteiger charge is 2.34. The molecule has 1 N–H and O–H groups in total. The van der Waals surface area contributed by atoms with E-state index in [1.54, 1.807) is 6.07 Å². The molecule has 0 spiro atoms. The second kappa shape index (κ2) is 6.78. The number of carbonyl (C=O) groups excluding carboxylic acids is 2. The first kappa shape index (κ1) is 16.1. The van der Waals surface area contributed by atoms with E-state index in [-0.39, 0.29) is 17.4 Å². The first-order chi connectivity index (χ1) is 11.5. The standard InChI is InChI=1S/C18H16F2N2O2/c19-13-5-1-4-12(10-13)18(24)22-9-3-8-16(22)17(23)21-15-7-2-6-14(20)11-15/h1-2,4-7,10-11,16H,3,8-9H2,(H,21,23)/t16-/m1/s1. The fourth-order valence-corrected chi connectivity index (χ4v) is 2.86. The molecule has 4 nitrogen and oxygen atoms in total. The summed E-state index contributed by atoms with van der Waals surface area (Å²) >= 11 is 0. The van der Waals surface area contributed by atoms with E-state index in [1.807, 2.05) is 0 Å². The van der Waals surface area contributed by atoms with Gasteiger partial charge in [-0.15, -0.1) is 0 Å². The van der Waals surface area contributed by atoms with Crippen LogP contribution >= 0.6 is 0 Å². The van der Waals surface area contributed by atoms with E-state index >= 15 is 0 Å². The Kier molecular flexibility index (Phi) is 4.55. The number of nitrogens with one attached hydrogen (secondary N) is 1. The molecule has 1 atom stereocenters. The van der Waals surface area contributed by atoms with Crippen molar-refractivity contribution in [2.45, 2.75) is 18.9 Å². The molecule has 0 aromatic heterocycles. The number of rotatable bonds is 3. The number of nitrogens with zero attached hydrogens (tertiary/aromatic N) is 1. The third-order valence-corrected chi connectivity index (χ3v) is 3.98. The van der Waals surface area contributed by atoms with Gasteiger partial charge in [-0.2, -0.15) is 0 Å². The molecule has 0 radical (unpaired) electrons. The highest BCUT2D eigenvalue weighted by molar-refractivity contribution is 6.01. The first-order valence-corrected chi connectivity index (χ1v) is 7.67. The third kappa shape index (κ3) is 3.42. The zero-order chi connectivity index (χ0) is 17.1. The Hall–Kier alpha value is -2.76. The van der Waals surface area contributed by atoms with Crippen LogP contribution in [0.3, 0.4) is 0 Å². The maximum absolute atomic E-state index is 13.3. The Bertz CT molecular complexity index is 779. The fraction of sp³-hybridized carbons (Fsp3) is 0.222. The molecule has 24 heavy (non-hydrogen) atoms. The third-order valence-electron chi connectivity index (χ3n) is 3.98. The van der Waals surface area contributed by atoms with Crippen molar-refractivity contribution in [3.63, 3.8) is 0 Å². The molecule has 3 rings (SSSR count). The molecule has 2 aromatic rings. The van der Waals surface area contributed by atoms with Gasteiger partial charge in [0.15, 0.2) is 0 Å². The zero-order valence-corrected chi connectivity index (χ0v) is 12.8. The van der Waals surface area contributed by atoms with Crippen molar-refractivity contribution in [1.29, 1.82) is 0 Å². The van der Waals surface area contributed by atoms with Crippen LogP contribution in [0, 0.1) is 11.6 Å². The summed E-state index contributed by atoms with van der Waals surface area (Å²) in [5.74, 6) is -1.71. The first-order valence-electron chi connectivity index (χ1n) is 7.67. The summed E-state index contributed by atoms with van der Waals surface area (Å²) in [6.45, 7) is 0.427. The molecule has 0 saturated carbocycles. The minimum Gasteiger partial charge on any atom is -0.327 e. The molecular formula is C18H16F2N2O2. The number of likely N-dealkylation sites (tertiary alicyclic amines) is 1. The van der Waals surface area contributed by atoms with Gasteiger partial charge in [0, 0.05) is 17.8 Å². The van der Waals surface area contributed by atoms with Crippen LogP contribution in [0.15, 0.2) is 48.5 Å². The molecule has 1 saturated heterocycles. The van der Waals surface area contributed by atoms with Crippen LogP contribution in [0.2, 0.25) is 0 Å². The van der Waals surface area contributed by atoms with E-state index in [4.69, 9.17) is 0 Å². The number of anilines is 1. The van der Waals surface area contributed by atoms with Crippen molar-refractivity contribution >= 4 is 17.5 Å². The number of hydrogen-bond acceptors (Lipinski definition) is 2. The van der Waals surface area contributed by atoms with Gasteiger partial charge in [-0.3, -0.25) is 9.59 Å². The monoisotopic (exact) mass is 330 g/mol. The average Bonchev–Trinajstić information content (AvgIpc) is 3.04. The van der Waals surface area contributed by atoms with Gasteiger partial charge >= 0.3 is 0 Å². The number of carbonyl (C=O) groups is 2.